The number of piperidine rings is 1. The van der Waals surface area contributed by atoms with Crippen LogP contribution in [0.15, 0.2) is 24.3 Å². The molecule has 1 saturated heterocycles. The number of hydrogen-bond acceptors (Lipinski definition) is 3. The highest BCUT2D eigenvalue weighted by molar-refractivity contribution is 5.25. The zero-order valence-electron chi connectivity index (χ0n) is 13.9. The maximum atomic E-state index is 6.36. The summed E-state index contributed by atoms with van der Waals surface area (Å²) >= 11 is 0. The number of likely N-dealkylation sites (tertiary alicyclic amines) is 1. The second kappa shape index (κ2) is 7.92. The van der Waals surface area contributed by atoms with E-state index in [1.54, 1.807) is 0 Å². The van der Waals surface area contributed by atoms with Crippen molar-refractivity contribution in [3.8, 4) is 0 Å². The molecule has 1 fully saturated rings. The molecule has 1 aliphatic rings. The first kappa shape index (κ1) is 16.5. The van der Waals surface area contributed by atoms with Gasteiger partial charge in [0.25, 0.3) is 0 Å². The van der Waals surface area contributed by atoms with Crippen molar-refractivity contribution >= 4 is 0 Å². The van der Waals surface area contributed by atoms with Gasteiger partial charge in [-0.15, -0.1) is 0 Å². The van der Waals surface area contributed by atoms with Crippen LogP contribution in [0.2, 0.25) is 0 Å². The number of hydrogen-bond donors (Lipinski definition) is 1. The Kier molecular flexibility index (Phi) is 6.22. The predicted molar refractivity (Wildman–Crippen MR) is 90.5 cm³/mol. The van der Waals surface area contributed by atoms with E-state index < -0.39 is 0 Å². The predicted octanol–water partition coefficient (Wildman–Crippen LogP) is 2.52. The van der Waals surface area contributed by atoms with Gasteiger partial charge in [0, 0.05) is 19.1 Å². The molecule has 0 radical (unpaired) electrons. The molecule has 1 aromatic rings. The maximum absolute atomic E-state index is 6.36. The Morgan fingerprint density at radius 2 is 1.86 bits per heavy atom. The van der Waals surface area contributed by atoms with E-state index in [0.717, 1.165) is 18.9 Å². The fourth-order valence-electron chi connectivity index (χ4n) is 3.20. The third kappa shape index (κ3) is 5.10. The minimum absolute atomic E-state index is 0.118. The van der Waals surface area contributed by atoms with E-state index in [9.17, 15) is 0 Å². The monoisotopic (exact) mass is 289 g/mol. The molecule has 1 aliphatic heterocycles. The van der Waals surface area contributed by atoms with Gasteiger partial charge >= 0.3 is 0 Å². The van der Waals surface area contributed by atoms with Crippen LogP contribution in [0.3, 0.4) is 0 Å². The minimum Gasteiger partial charge on any atom is -0.323 e. The smallest absolute Gasteiger partial charge is 0.0424 e. The van der Waals surface area contributed by atoms with Crippen molar-refractivity contribution in [2.24, 2.45) is 11.7 Å². The van der Waals surface area contributed by atoms with Gasteiger partial charge < -0.3 is 15.5 Å². The fourth-order valence-corrected chi connectivity index (χ4v) is 3.20. The Morgan fingerprint density at radius 3 is 2.43 bits per heavy atom. The van der Waals surface area contributed by atoms with Crippen molar-refractivity contribution in [3.63, 3.8) is 0 Å². The van der Waals surface area contributed by atoms with Crippen LogP contribution >= 0.6 is 0 Å². The van der Waals surface area contributed by atoms with Crippen LogP contribution in [-0.4, -0.2) is 50.1 Å². The Morgan fingerprint density at radius 1 is 1.24 bits per heavy atom. The summed E-state index contributed by atoms with van der Waals surface area (Å²) in [5.41, 5.74) is 9.00. The van der Waals surface area contributed by atoms with Crippen LogP contribution in [0, 0.1) is 5.92 Å². The number of likely N-dealkylation sites (N-methyl/N-ethyl adjacent to an activating group) is 1. The van der Waals surface area contributed by atoms with Crippen LogP contribution in [0.4, 0.5) is 0 Å². The normalized spacial score (nSPS) is 19.1. The highest BCUT2D eigenvalue weighted by Gasteiger charge is 2.19. The van der Waals surface area contributed by atoms with Crippen LogP contribution in [0.5, 0.6) is 0 Å². The molecule has 0 amide bonds. The summed E-state index contributed by atoms with van der Waals surface area (Å²) in [7, 11) is 4.43. The van der Waals surface area contributed by atoms with Gasteiger partial charge in [-0.3, -0.25) is 0 Å². The molecule has 0 aromatic heterocycles. The Labute approximate surface area is 130 Å². The summed E-state index contributed by atoms with van der Waals surface area (Å²) in [4.78, 5) is 4.84. The molecule has 3 heteroatoms. The zero-order chi connectivity index (χ0) is 15.2. The summed E-state index contributed by atoms with van der Waals surface area (Å²) < 4.78 is 0. The van der Waals surface area contributed by atoms with Crippen molar-refractivity contribution in [2.75, 3.05) is 40.3 Å². The van der Waals surface area contributed by atoms with E-state index in [1.807, 2.05) is 0 Å². The first-order valence-electron chi connectivity index (χ1n) is 8.30. The van der Waals surface area contributed by atoms with Gasteiger partial charge in [0.2, 0.25) is 0 Å². The molecular weight excluding hydrogens is 258 g/mol. The van der Waals surface area contributed by atoms with E-state index in [4.69, 9.17) is 5.73 Å². The van der Waals surface area contributed by atoms with Crippen LogP contribution in [0.1, 0.15) is 36.9 Å². The van der Waals surface area contributed by atoms with Gasteiger partial charge in [-0.1, -0.05) is 31.2 Å². The Hall–Kier alpha value is -0.900. The summed E-state index contributed by atoms with van der Waals surface area (Å²) in [5, 5.41) is 0. The van der Waals surface area contributed by atoms with Gasteiger partial charge in [-0.05, 0) is 63.5 Å². The molecule has 0 saturated carbocycles. The van der Waals surface area contributed by atoms with E-state index in [0.29, 0.717) is 0 Å². The summed E-state index contributed by atoms with van der Waals surface area (Å²) in [6.45, 7) is 6.78. The first-order chi connectivity index (χ1) is 10.1. The number of nitrogens with two attached hydrogens (primary N) is 1. The summed E-state index contributed by atoms with van der Waals surface area (Å²) in [5.74, 6) is 0.834. The molecule has 21 heavy (non-hydrogen) atoms. The average Bonchev–Trinajstić information content (AvgIpc) is 2.49. The molecule has 0 aliphatic carbocycles. The second-order valence-corrected chi connectivity index (χ2v) is 6.67. The van der Waals surface area contributed by atoms with Crippen LogP contribution in [-0.2, 0) is 6.42 Å². The number of nitrogens with zero attached hydrogens (tertiary/aromatic N) is 2. The fraction of sp³-hybridized carbons (Fsp3) is 0.667. The lowest BCUT2D eigenvalue weighted by Gasteiger charge is -2.32. The molecule has 2 rings (SSSR count). The lowest BCUT2D eigenvalue weighted by molar-refractivity contribution is 0.172. The number of rotatable bonds is 6. The molecule has 0 bridgehead atoms. The highest BCUT2D eigenvalue weighted by atomic mass is 15.1. The first-order valence-corrected chi connectivity index (χ1v) is 8.30. The average molecular weight is 289 g/mol. The summed E-state index contributed by atoms with van der Waals surface area (Å²) in [6.07, 6.45) is 3.73. The number of benzene rings is 1. The molecule has 1 aromatic carbocycles. The molecule has 3 nitrogen and oxygen atoms in total. The largest absolute Gasteiger partial charge is 0.323 e. The third-order valence-corrected chi connectivity index (χ3v) is 4.73. The topological polar surface area (TPSA) is 32.5 Å². The van der Waals surface area contributed by atoms with E-state index in [1.165, 1.54) is 43.6 Å². The molecular formula is C18H31N3. The third-order valence-electron chi connectivity index (χ3n) is 4.73. The number of aryl methyl sites for hydroxylation is 1. The van der Waals surface area contributed by atoms with Crippen molar-refractivity contribution < 1.29 is 0 Å². The van der Waals surface area contributed by atoms with Gasteiger partial charge in [0.1, 0.15) is 0 Å². The Bertz CT molecular complexity index is 407. The molecule has 2 N–H and O–H groups in total. The molecule has 118 valence electrons. The van der Waals surface area contributed by atoms with Crippen molar-refractivity contribution in [1.29, 1.82) is 0 Å². The van der Waals surface area contributed by atoms with Gasteiger partial charge in [-0.25, -0.2) is 0 Å². The lowest BCUT2D eigenvalue weighted by Crippen LogP contribution is -2.38. The quantitative estimate of drug-likeness (QED) is 0.873. The van der Waals surface area contributed by atoms with Crippen molar-refractivity contribution in [1.82, 2.24) is 9.80 Å². The molecule has 1 heterocycles. The minimum atomic E-state index is 0.118. The SMILES string of the molecule is CCc1ccc(C(N)CN(C)CC2CCN(C)CC2)cc1. The van der Waals surface area contributed by atoms with Crippen molar-refractivity contribution in [3.05, 3.63) is 35.4 Å². The summed E-state index contributed by atoms with van der Waals surface area (Å²) in [6, 6.07) is 8.89. The maximum Gasteiger partial charge on any atom is 0.0424 e. The molecule has 1 atom stereocenters. The van der Waals surface area contributed by atoms with Crippen LogP contribution < -0.4 is 5.73 Å². The van der Waals surface area contributed by atoms with E-state index in [-0.39, 0.29) is 6.04 Å². The molecule has 1 unspecified atom stereocenters. The zero-order valence-corrected chi connectivity index (χ0v) is 13.9. The van der Waals surface area contributed by atoms with Crippen molar-refractivity contribution in [2.45, 2.75) is 32.2 Å². The second-order valence-electron chi connectivity index (χ2n) is 6.67. The van der Waals surface area contributed by atoms with Gasteiger partial charge in [0.05, 0.1) is 0 Å². The van der Waals surface area contributed by atoms with E-state index >= 15 is 0 Å². The highest BCUT2D eigenvalue weighted by Crippen LogP contribution is 2.18. The Balaban J connectivity index is 1.79. The standard InChI is InChI=1S/C18H31N3/c1-4-15-5-7-17(8-6-15)18(19)14-21(3)13-16-9-11-20(2)12-10-16/h5-8,16,18H,4,9-14,19H2,1-3H3. The lowest BCUT2D eigenvalue weighted by atomic mass is 9.96. The van der Waals surface area contributed by atoms with E-state index in [2.05, 4.69) is 55.1 Å². The van der Waals surface area contributed by atoms with Gasteiger partial charge in [0.15, 0.2) is 0 Å². The molecule has 0 spiro atoms. The van der Waals surface area contributed by atoms with Crippen LogP contribution in [0.25, 0.3) is 0 Å². The van der Waals surface area contributed by atoms with Gasteiger partial charge in [-0.2, -0.15) is 0 Å².